The minimum absolute atomic E-state index is 0.540. The number of thioether (sulfide) groups is 1. The van der Waals surface area contributed by atoms with Crippen molar-refractivity contribution < 1.29 is 14.0 Å². The van der Waals surface area contributed by atoms with Crippen LogP contribution in [-0.4, -0.2) is 30.2 Å². The van der Waals surface area contributed by atoms with E-state index in [9.17, 15) is 0 Å². The lowest BCUT2D eigenvalue weighted by atomic mass is 10.0. The van der Waals surface area contributed by atoms with E-state index >= 15 is 0 Å². The molecule has 2 aromatic carbocycles. The summed E-state index contributed by atoms with van der Waals surface area (Å²) in [5.74, 6) is 2.82. The Labute approximate surface area is 190 Å². The van der Waals surface area contributed by atoms with Crippen LogP contribution in [0, 0.1) is 6.92 Å². The van der Waals surface area contributed by atoms with Gasteiger partial charge in [-0.2, -0.15) is 4.98 Å². The van der Waals surface area contributed by atoms with Crippen molar-refractivity contribution in [1.82, 2.24) is 15.2 Å². The van der Waals surface area contributed by atoms with Gasteiger partial charge in [0, 0.05) is 21.9 Å². The highest BCUT2D eigenvalue weighted by Crippen LogP contribution is 2.36. The molecule has 0 saturated carbocycles. The van der Waals surface area contributed by atoms with Crippen LogP contribution in [0.1, 0.15) is 19.0 Å². The summed E-state index contributed by atoms with van der Waals surface area (Å²) in [5.41, 5.74) is 2.90. The van der Waals surface area contributed by atoms with Crippen molar-refractivity contribution in [2.75, 3.05) is 20.0 Å². The summed E-state index contributed by atoms with van der Waals surface area (Å²) in [6.07, 6.45) is 1.05. The fourth-order valence-corrected chi connectivity index (χ4v) is 4.28. The molecule has 0 aliphatic heterocycles. The van der Waals surface area contributed by atoms with Crippen molar-refractivity contribution in [2.45, 2.75) is 25.4 Å². The van der Waals surface area contributed by atoms with Gasteiger partial charge in [-0.15, -0.1) is 10.2 Å². The van der Waals surface area contributed by atoms with Gasteiger partial charge in [-0.1, -0.05) is 42.4 Å². The van der Waals surface area contributed by atoms with Crippen molar-refractivity contribution in [3.05, 3.63) is 53.2 Å². The van der Waals surface area contributed by atoms with E-state index in [0.29, 0.717) is 27.6 Å². The summed E-state index contributed by atoms with van der Waals surface area (Å²) in [6.45, 7) is 4.16. The Morgan fingerprint density at radius 2 is 1.74 bits per heavy atom. The summed E-state index contributed by atoms with van der Waals surface area (Å²) in [5, 5.41) is 12.0. The minimum atomic E-state index is 0.540. The summed E-state index contributed by atoms with van der Waals surface area (Å²) in [4.78, 5) is 4.69. The third-order valence-corrected chi connectivity index (χ3v) is 6.22. The van der Waals surface area contributed by atoms with Crippen molar-refractivity contribution in [1.29, 1.82) is 0 Å². The van der Waals surface area contributed by atoms with Crippen LogP contribution in [-0.2, 0) is 0 Å². The molecular formula is C23H23ClN4O2S. The molecular weight excluding hydrogens is 432 g/mol. The molecule has 0 atom stereocenters. The van der Waals surface area contributed by atoms with Crippen molar-refractivity contribution >= 4 is 34.1 Å². The fraction of sp³-hybridized carbons (Fsp3) is 0.261. The molecule has 0 N–H and O–H groups in total. The summed E-state index contributed by atoms with van der Waals surface area (Å²) in [6, 6.07) is 13.8. The molecule has 0 aliphatic carbocycles. The SMILES string of the molecule is CCCSc1nnc(-[n+]2c(C)cc3cc(OC)c(OC)cc3c2-c2ccc(Cl)cc2)[n-]1. The Morgan fingerprint density at radius 1 is 1.03 bits per heavy atom. The molecule has 0 fully saturated rings. The van der Waals surface area contributed by atoms with Gasteiger partial charge in [0.05, 0.1) is 19.9 Å². The third kappa shape index (κ3) is 4.20. The highest BCUT2D eigenvalue weighted by Gasteiger charge is 2.19. The molecule has 0 bridgehead atoms. The first-order chi connectivity index (χ1) is 15.0. The third-order valence-electron chi connectivity index (χ3n) is 4.93. The molecule has 8 heteroatoms. The summed E-state index contributed by atoms with van der Waals surface area (Å²) in [7, 11) is 3.27. The van der Waals surface area contributed by atoms with Gasteiger partial charge in [-0.05, 0) is 54.6 Å². The van der Waals surface area contributed by atoms with Gasteiger partial charge in [-0.3, -0.25) is 4.57 Å². The first-order valence-electron chi connectivity index (χ1n) is 9.93. The van der Waals surface area contributed by atoms with Crippen LogP contribution in [0.5, 0.6) is 11.5 Å². The molecule has 4 rings (SSSR count). The standard InChI is InChI=1S/C23H23ClN4O2S/c1-5-10-31-23-25-22(26-27-23)28-14(2)11-16-12-19(29-3)20(30-4)13-18(16)21(28)15-6-8-17(24)9-7-15/h6-9,11-13H,5,10H2,1-4H3. The van der Waals surface area contributed by atoms with Crippen molar-refractivity contribution in [2.24, 2.45) is 0 Å². The normalized spacial score (nSPS) is 11.1. The zero-order valence-corrected chi connectivity index (χ0v) is 19.4. The molecule has 2 aromatic heterocycles. The number of methoxy groups -OCH3 is 2. The number of rotatable bonds is 7. The first kappa shape index (κ1) is 21.5. The van der Waals surface area contributed by atoms with E-state index in [0.717, 1.165) is 39.9 Å². The van der Waals surface area contributed by atoms with Gasteiger partial charge in [0.25, 0.3) is 5.95 Å². The number of hydrogen-bond donors (Lipinski definition) is 0. The Balaban J connectivity index is 2.02. The van der Waals surface area contributed by atoms with Crippen LogP contribution in [0.4, 0.5) is 0 Å². The molecule has 0 saturated heterocycles. The highest BCUT2D eigenvalue weighted by molar-refractivity contribution is 7.99. The number of hydrogen-bond acceptors (Lipinski definition) is 5. The number of aromatic nitrogens is 4. The van der Waals surface area contributed by atoms with E-state index in [1.165, 1.54) is 0 Å². The predicted molar refractivity (Wildman–Crippen MR) is 124 cm³/mol. The Bertz CT molecular complexity index is 1220. The second-order valence-corrected chi connectivity index (χ2v) is 8.51. The maximum atomic E-state index is 6.16. The van der Waals surface area contributed by atoms with E-state index in [-0.39, 0.29) is 0 Å². The maximum absolute atomic E-state index is 6.16. The predicted octanol–water partition coefficient (Wildman–Crippen LogP) is 5.01. The van der Waals surface area contributed by atoms with E-state index in [1.807, 2.05) is 47.9 Å². The Morgan fingerprint density at radius 3 is 2.42 bits per heavy atom. The lowest BCUT2D eigenvalue weighted by Crippen LogP contribution is -2.39. The van der Waals surface area contributed by atoms with Gasteiger partial charge in [-0.25, -0.2) is 0 Å². The van der Waals surface area contributed by atoms with Gasteiger partial charge < -0.3 is 9.47 Å². The molecule has 0 spiro atoms. The van der Waals surface area contributed by atoms with Crippen LogP contribution in [0.25, 0.3) is 28.0 Å². The number of pyridine rings is 1. The van der Waals surface area contributed by atoms with Gasteiger partial charge in [0.15, 0.2) is 11.5 Å². The first-order valence-corrected chi connectivity index (χ1v) is 11.3. The van der Waals surface area contributed by atoms with Crippen molar-refractivity contribution in [3.63, 3.8) is 0 Å². The van der Waals surface area contributed by atoms with Crippen LogP contribution in [0.15, 0.2) is 47.6 Å². The van der Waals surface area contributed by atoms with Crippen LogP contribution < -0.4 is 19.0 Å². The van der Waals surface area contributed by atoms with Gasteiger partial charge >= 0.3 is 0 Å². The molecule has 0 amide bonds. The number of fused-ring (bicyclic) bond motifs is 1. The van der Waals surface area contributed by atoms with Gasteiger partial charge in [0.2, 0.25) is 5.16 Å². The Hall–Kier alpha value is -2.77. The number of nitrogens with zero attached hydrogens (tertiary/aromatic N) is 4. The second kappa shape index (κ2) is 9.16. The van der Waals surface area contributed by atoms with Crippen molar-refractivity contribution in [3.8, 4) is 28.7 Å². The topological polar surface area (TPSA) is 62.2 Å². The van der Waals surface area contributed by atoms with Crippen LogP contribution >= 0.6 is 23.4 Å². The fourth-order valence-electron chi connectivity index (χ4n) is 3.52. The molecule has 0 unspecified atom stereocenters. The van der Waals surface area contributed by atoms with E-state index < -0.39 is 0 Å². The largest absolute Gasteiger partial charge is 0.493 e. The number of benzene rings is 2. The smallest absolute Gasteiger partial charge is 0.256 e. The molecule has 4 aromatic rings. The number of halogens is 1. The van der Waals surface area contributed by atoms with Gasteiger partial charge in [0.1, 0.15) is 0 Å². The second-order valence-electron chi connectivity index (χ2n) is 7.01. The maximum Gasteiger partial charge on any atom is 0.256 e. The van der Waals surface area contributed by atoms with Crippen LogP contribution in [0.2, 0.25) is 5.02 Å². The lowest BCUT2D eigenvalue weighted by Gasteiger charge is -2.19. The Kier molecular flexibility index (Phi) is 6.34. The molecule has 2 heterocycles. The monoisotopic (exact) mass is 454 g/mol. The van der Waals surface area contributed by atoms with E-state index in [1.54, 1.807) is 26.0 Å². The molecule has 31 heavy (non-hydrogen) atoms. The molecule has 160 valence electrons. The average Bonchev–Trinajstić information content (AvgIpc) is 3.25. The van der Waals surface area contributed by atoms with Crippen LogP contribution in [0.3, 0.4) is 0 Å². The highest BCUT2D eigenvalue weighted by atomic mass is 35.5. The number of ether oxygens (including phenoxy) is 2. The zero-order valence-electron chi connectivity index (χ0n) is 17.8. The molecule has 6 nitrogen and oxygen atoms in total. The van der Waals surface area contributed by atoms with E-state index in [4.69, 9.17) is 21.1 Å². The summed E-state index contributed by atoms with van der Waals surface area (Å²) >= 11 is 7.77. The summed E-state index contributed by atoms with van der Waals surface area (Å²) < 4.78 is 13.1. The minimum Gasteiger partial charge on any atom is -0.493 e. The molecule has 0 aliphatic rings. The average molecular weight is 455 g/mol. The quantitative estimate of drug-likeness (QED) is 0.289. The van der Waals surface area contributed by atoms with E-state index in [2.05, 4.69) is 28.2 Å². The zero-order chi connectivity index (χ0) is 22.0. The molecule has 0 radical (unpaired) electrons. The number of aryl methyl sites for hydroxylation is 1. The lowest BCUT2D eigenvalue weighted by molar-refractivity contribution is -0.598.